The highest BCUT2D eigenvalue weighted by molar-refractivity contribution is 6.32. The molecule has 0 radical (unpaired) electrons. The number of aromatic nitrogens is 2. The largest absolute Gasteiger partial charge is 0.256 e. The molecule has 8 rings (SSSR count). The van der Waals surface area contributed by atoms with Crippen molar-refractivity contribution in [2.24, 2.45) is 0 Å². The normalized spacial score (nSPS) is 11.7. The van der Waals surface area contributed by atoms with Gasteiger partial charge in [0, 0.05) is 34.1 Å². The van der Waals surface area contributed by atoms with Crippen molar-refractivity contribution < 1.29 is 0 Å². The zero-order valence-electron chi connectivity index (χ0n) is 20.6. The first-order valence-electron chi connectivity index (χ1n) is 12.9. The van der Waals surface area contributed by atoms with E-state index in [4.69, 9.17) is 9.97 Å². The second kappa shape index (κ2) is 8.22. The van der Waals surface area contributed by atoms with Crippen LogP contribution in [0.4, 0.5) is 0 Å². The summed E-state index contributed by atoms with van der Waals surface area (Å²) >= 11 is 0. The highest BCUT2D eigenvalue weighted by Gasteiger charge is 2.15. The summed E-state index contributed by atoms with van der Waals surface area (Å²) in [6.07, 6.45) is 3.87. The van der Waals surface area contributed by atoms with Gasteiger partial charge in [0.05, 0.1) is 11.0 Å². The zero-order valence-corrected chi connectivity index (χ0v) is 20.6. The van der Waals surface area contributed by atoms with Gasteiger partial charge >= 0.3 is 0 Å². The van der Waals surface area contributed by atoms with Gasteiger partial charge < -0.3 is 0 Å². The number of fused-ring (bicyclic) bond motifs is 9. The van der Waals surface area contributed by atoms with Crippen LogP contribution in [-0.2, 0) is 0 Å². The quantitative estimate of drug-likeness (QED) is 0.229. The van der Waals surface area contributed by atoms with Gasteiger partial charge in [-0.15, -0.1) is 0 Å². The topological polar surface area (TPSA) is 25.8 Å². The minimum Gasteiger partial charge on any atom is -0.256 e. The Bertz CT molecular complexity index is 2190. The maximum absolute atomic E-state index is 4.81. The Balaban J connectivity index is 1.44. The van der Waals surface area contributed by atoms with Crippen LogP contribution in [0.1, 0.15) is 0 Å². The van der Waals surface area contributed by atoms with Crippen molar-refractivity contribution in [2.45, 2.75) is 0 Å². The Morgan fingerprint density at radius 1 is 0.421 bits per heavy atom. The Hall–Kier alpha value is -5.08. The molecule has 2 heteroatoms. The first-order valence-corrected chi connectivity index (χ1v) is 12.9. The first kappa shape index (κ1) is 21.0. The lowest BCUT2D eigenvalue weighted by Crippen LogP contribution is -1.90. The molecule has 0 aliphatic heterocycles. The van der Waals surface area contributed by atoms with Crippen molar-refractivity contribution in [3.8, 4) is 22.3 Å². The predicted octanol–water partition coefficient (Wildman–Crippen LogP) is 9.58. The van der Waals surface area contributed by atoms with E-state index in [1.165, 1.54) is 48.8 Å². The summed E-state index contributed by atoms with van der Waals surface area (Å²) in [5.41, 5.74) is 6.79. The molecule has 0 unspecified atom stereocenters. The molecule has 38 heavy (non-hydrogen) atoms. The Morgan fingerprint density at radius 3 is 2.08 bits per heavy atom. The molecule has 0 spiro atoms. The lowest BCUT2D eigenvalue weighted by molar-refractivity contribution is 1.41. The summed E-state index contributed by atoms with van der Waals surface area (Å²) in [6, 6.07) is 43.4. The Morgan fingerprint density at radius 2 is 1.16 bits per heavy atom. The van der Waals surface area contributed by atoms with Crippen LogP contribution in [0.5, 0.6) is 0 Å². The average molecular weight is 483 g/mol. The third-order valence-corrected chi connectivity index (χ3v) is 7.69. The van der Waals surface area contributed by atoms with Gasteiger partial charge in [-0.05, 0) is 74.0 Å². The van der Waals surface area contributed by atoms with Gasteiger partial charge in [0.1, 0.15) is 0 Å². The molecule has 2 heterocycles. The molecule has 2 aromatic heterocycles. The maximum atomic E-state index is 4.81. The van der Waals surface area contributed by atoms with E-state index in [0.717, 1.165) is 27.5 Å². The van der Waals surface area contributed by atoms with E-state index in [1.54, 1.807) is 0 Å². The lowest BCUT2D eigenvalue weighted by Gasteiger charge is -2.16. The monoisotopic (exact) mass is 482 g/mol. The van der Waals surface area contributed by atoms with Crippen molar-refractivity contribution in [2.75, 3.05) is 0 Å². The summed E-state index contributed by atoms with van der Waals surface area (Å²) in [5, 5.41) is 9.78. The van der Waals surface area contributed by atoms with Crippen LogP contribution in [-0.4, -0.2) is 9.97 Å². The van der Waals surface area contributed by atoms with Crippen LogP contribution in [0.15, 0.2) is 134 Å². The van der Waals surface area contributed by atoms with Gasteiger partial charge in [-0.1, -0.05) is 91.0 Å². The molecule has 2 nitrogen and oxygen atoms in total. The summed E-state index contributed by atoms with van der Waals surface area (Å²) in [5.74, 6) is 0. The van der Waals surface area contributed by atoms with E-state index >= 15 is 0 Å². The zero-order chi connectivity index (χ0) is 25.1. The van der Waals surface area contributed by atoms with Gasteiger partial charge in [0.15, 0.2) is 0 Å². The highest BCUT2D eigenvalue weighted by Crippen LogP contribution is 2.42. The highest BCUT2D eigenvalue weighted by atomic mass is 14.7. The minimum absolute atomic E-state index is 1.02. The number of benzene rings is 6. The van der Waals surface area contributed by atoms with Gasteiger partial charge in [-0.3, -0.25) is 9.97 Å². The van der Waals surface area contributed by atoms with Crippen LogP contribution in [0, 0.1) is 0 Å². The number of para-hydroxylation sites is 1. The van der Waals surface area contributed by atoms with E-state index in [-0.39, 0.29) is 0 Å². The number of pyridine rings is 2. The molecule has 0 fully saturated rings. The molecular formula is C36H22N2. The summed E-state index contributed by atoms with van der Waals surface area (Å²) in [4.78, 5) is 9.52. The number of rotatable bonds is 2. The van der Waals surface area contributed by atoms with Crippen molar-refractivity contribution >= 4 is 54.1 Å². The Labute approximate surface area is 219 Å². The summed E-state index contributed by atoms with van der Waals surface area (Å²) < 4.78 is 0. The van der Waals surface area contributed by atoms with Crippen molar-refractivity contribution in [1.82, 2.24) is 9.97 Å². The number of hydrogen-bond acceptors (Lipinski definition) is 2. The molecule has 0 saturated heterocycles. The van der Waals surface area contributed by atoms with Crippen molar-refractivity contribution in [3.63, 3.8) is 0 Å². The molecule has 0 saturated carbocycles. The van der Waals surface area contributed by atoms with Gasteiger partial charge in [-0.2, -0.15) is 0 Å². The maximum Gasteiger partial charge on any atom is 0.0786 e. The molecule has 0 N–H and O–H groups in total. The SMILES string of the molecule is c1cc(-c2cnc3ccccc3c2)cc(-c2cc3c4ccccc4c4ncccc4c3c3ccccc23)c1. The van der Waals surface area contributed by atoms with E-state index in [1.807, 2.05) is 24.5 Å². The molecule has 0 aliphatic carbocycles. The molecule has 0 bridgehead atoms. The molecule has 0 amide bonds. The fraction of sp³-hybridized carbons (Fsp3) is 0. The number of nitrogens with zero attached hydrogens (tertiary/aromatic N) is 2. The molecule has 8 aromatic rings. The van der Waals surface area contributed by atoms with E-state index < -0.39 is 0 Å². The van der Waals surface area contributed by atoms with E-state index in [0.29, 0.717) is 0 Å². The molecule has 6 aromatic carbocycles. The van der Waals surface area contributed by atoms with E-state index in [2.05, 4.69) is 109 Å². The second-order valence-corrected chi connectivity index (χ2v) is 9.83. The number of hydrogen-bond donors (Lipinski definition) is 0. The minimum atomic E-state index is 1.02. The van der Waals surface area contributed by atoms with Crippen LogP contribution < -0.4 is 0 Å². The average Bonchev–Trinajstić information content (AvgIpc) is 3.00. The van der Waals surface area contributed by atoms with E-state index in [9.17, 15) is 0 Å². The molecule has 0 aliphatic rings. The van der Waals surface area contributed by atoms with Crippen molar-refractivity contribution in [1.29, 1.82) is 0 Å². The smallest absolute Gasteiger partial charge is 0.0786 e. The van der Waals surface area contributed by atoms with Crippen LogP contribution in [0.2, 0.25) is 0 Å². The van der Waals surface area contributed by atoms with Gasteiger partial charge in [0.2, 0.25) is 0 Å². The standard InChI is InChI=1S/C36H22N2/c1-6-17-34-25(9-1)20-26(22-38-34)23-10-7-11-24(19-23)32-21-33-28-13-3-5-15-30(28)36-31(16-8-18-37-36)35(33)29-14-4-2-12-27(29)32/h1-22H. The third kappa shape index (κ3) is 3.14. The lowest BCUT2D eigenvalue weighted by atomic mass is 9.88. The Kier molecular flexibility index (Phi) is 4.55. The third-order valence-electron chi connectivity index (χ3n) is 7.69. The summed E-state index contributed by atoms with van der Waals surface area (Å²) in [6.45, 7) is 0. The predicted molar refractivity (Wildman–Crippen MR) is 160 cm³/mol. The van der Waals surface area contributed by atoms with Crippen LogP contribution in [0.25, 0.3) is 76.4 Å². The second-order valence-electron chi connectivity index (χ2n) is 9.83. The molecule has 176 valence electrons. The van der Waals surface area contributed by atoms with Crippen LogP contribution in [0.3, 0.4) is 0 Å². The van der Waals surface area contributed by atoms with Gasteiger partial charge in [-0.25, -0.2) is 0 Å². The fourth-order valence-electron chi connectivity index (χ4n) is 5.96. The molecular weight excluding hydrogens is 460 g/mol. The van der Waals surface area contributed by atoms with Crippen LogP contribution >= 0.6 is 0 Å². The first-order chi connectivity index (χ1) is 18.8. The molecule has 0 atom stereocenters. The fourth-order valence-corrected chi connectivity index (χ4v) is 5.96. The van der Waals surface area contributed by atoms with Crippen molar-refractivity contribution in [3.05, 3.63) is 134 Å². The van der Waals surface area contributed by atoms with Gasteiger partial charge in [0.25, 0.3) is 0 Å². The summed E-state index contributed by atoms with van der Waals surface area (Å²) in [7, 11) is 0.